The summed E-state index contributed by atoms with van der Waals surface area (Å²) in [5, 5.41) is 0. The Morgan fingerprint density at radius 1 is 0.443 bits per heavy atom. The number of rotatable bonds is 50. The number of esters is 3. The number of nitrogens with zero attached hydrogens (tertiary/aromatic N) is 1. The molecule has 0 aliphatic rings. The first-order valence-corrected chi connectivity index (χ1v) is 27.9. The van der Waals surface area contributed by atoms with Crippen molar-refractivity contribution in [3.8, 4) is 0 Å². The van der Waals surface area contributed by atoms with E-state index < -0.39 is 36.4 Å². The van der Waals surface area contributed by atoms with Crippen molar-refractivity contribution in [3.63, 3.8) is 0 Å². The Morgan fingerprint density at radius 2 is 0.914 bits per heavy atom. The normalized spacial score (nSPS) is 12.8. The van der Waals surface area contributed by atoms with Gasteiger partial charge in [0.2, 0.25) is 0 Å². The van der Waals surface area contributed by atoms with Gasteiger partial charge in [-0.05, 0) is 130 Å². The third-order valence-corrected chi connectivity index (χ3v) is 11.6. The van der Waals surface area contributed by atoms with E-state index in [2.05, 4.69) is 76.3 Å². The highest BCUT2D eigenvalue weighted by molar-refractivity contribution is 5.70. The van der Waals surface area contributed by atoms with Crippen LogP contribution in [0.5, 0.6) is 0 Å². The van der Waals surface area contributed by atoms with Crippen LogP contribution in [-0.2, 0) is 47.5 Å². The van der Waals surface area contributed by atoms with Crippen molar-refractivity contribution in [2.75, 3.05) is 60.3 Å². The molecule has 0 rings (SSSR count). The van der Waals surface area contributed by atoms with Crippen molar-refractivity contribution < 1.29 is 52.3 Å². The third-order valence-electron chi connectivity index (χ3n) is 11.6. The zero-order chi connectivity index (χ0) is 51.4. The first-order valence-electron chi connectivity index (χ1n) is 27.9. The molecular weight excluding hydrogens is 887 g/mol. The summed E-state index contributed by atoms with van der Waals surface area (Å²) in [6, 6.07) is 0. The first kappa shape index (κ1) is 66.5. The van der Waals surface area contributed by atoms with E-state index in [0.29, 0.717) is 38.9 Å². The van der Waals surface area contributed by atoms with Gasteiger partial charge in [0.1, 0.15) is 25.9 Å². The average Bonchev–Trinajstić information content (AvgIpc) is 3.34. The molecule has 0 radical (unpaired) electrons. The SMILES string of the molecule is CC/C=C\CCCCOC(CCC(=O)OCC(COC(=O)CCCCCCC/C=C\C/C=C\CCCCC)COC(=O)CCC(CCCCCC)OC(=O)OCCCN(C)C)OCCCC/C=C\CC. The zero-order valence-corrected chi connectivity index (χ0v) is 45.5. The molecule has 0 aromatic heterocycles. The zero-order valence-electron chi connectivity index (χ0n) is 45.5. The van der Waals surface area contributed by atoms with E-state index in [0.717, 1.165) is 129 Å². The maximum Gasteiger partial charge on any atom is 0.508 e. The van der Waals surface area contributed by atoms with E-state index in [1.165, 1.54) is 25.7 Å². The summed E-state index contributed by atoms with van der Waals surface area (Å²) in [4.78, 5) is 53.6. The van der Waals surface area contributed by atoms with E-state index in [1.54, 1.807) is 0 Å². The molecule has 0 aromatic carbocycles. The molecular formula is C58H103NO11. The molecule has 0 fully saturated rings. The monoisotopic (exact) mass is 990 g/mol. The van der Waals surface area contributed by atoms with Crippen LogP contribution in [0.3, 0.4) is 0 Å². The molecule has 406 valence electrons. The van der Waals surface area contributed by atoms with E-state index in [4.69, 9.17) is 33.2 Å². The lowest BCUT2D eigenvalue weighted by molar-refractivity contribution is -0.162. The molecule has 0 N–H and O–H groups in total. The highest BCUT2D eigenvalue weighted by atomic mass is 16.7. The minimum atomic E-state index is -0.730. The van der Waals surface area contributed by atoms with Crippen molar-refractivity contribution in [2.45, 2.75) is 233 Å². The summed E-state index contributed by atoms with van der Waals surface area (Å²) >= 11 is 0. The van der Waals surface area contributed by atoms with E-state index in [9.17, 15) is 19.2 Å². The second-order valence-electron chi connectivity index (χ2n) is 18.7. The quantitative estimate of drug-likeness (QED) is 0.0189. The van der Waals surface area contributed by atoms with Crippen LogP contribution in [0.25, 0.3) is 0 Å². The summed E-state index contributed by atoms with van der Waals surface area (Å²) < 4.78 is 40.2. The smallest absolute Gasteiger partial charge is 0.465 e. The predicted octanol–water partition coefficient (Wildman–Crippen LogP) is 14.7. The summed E-state index contributed by atoms with van der Waals surface area (Å²) in [5.74, 6) is -1.80. The molecule has 12 nitrogen and oxygen atoms in total. The first-order chi connectivity index (χ1) is 34.1. The lowest BCUT2D eigenvalue weighted by atomic mass is 10.1. The van der Waals surface area contributed by atoms with Gasteiger partial charge in [0, 0.05) is 39.0 Å². The summed E-state index contributed by atoms with van der Waals surface area (Å²) in [6.07, 6.45) is 42.3. The van der Waals surface area contributed by atoms with Crippen LogP contribution >= 0.6 is 0 Å². The summed E-state index contributed by atoms with van der Waals surface area (Å²) in [5.41, 5.74) is 0. The Hall–Kier alpha value is -3.48. The van der Waals surface area contributed by atoms with E-state index in [-0.39, 0.29) is 51.7 Å². The van der Waals surface area contributed by atoms with Crippen molar-refractivity contribution in [2.24, 2.45) is 5.92 Å². The molecule has 0 heterocycles. The maximum absolute atomic E-state index is 13.1. The van der Waals surface area contributed by atoms with Crippen LogP contribution in [0.15, 0.2) is 48.6 Å². The van der Waals surface area contributed by atoms with Gasteiger partial charge in [-0.15, -0.1) is 0 Å². The second-order valence-corrected chi connectivity index (χ2v) is 18.7. The lowest BCUT2D eigenvalue weighted by Gasteiger charge is -2.20. The fourth-order valence-corrected chi connectivity index (χ4v) is 7.30. The van der Waals surface area contributed by atoms with Crippen LogP contribution in [0, 0.1) is 5.92 Å². The highest BCUT2D eigenvalue weighted by Gasteiger charge is 2.22. The summed E-state index contributed by atoms with van der Waals surface area (Å²) in [7, 11) is 3.92. The molecule has 0 amide bonds. The van der Waals surface area contributed by atoms with E-state index in [1.807, 2.05) is 19.0 Å². The maximum atomic E-state index is 13.1. The van der Waals surface area contributed by atoms with Gasteiger partial charge in [0.25, 0.3) is 0 Å². The fourth-order valence-electron chi connectivity index (χ4n) is 7.30. The molecule has 0 aromatic rings. The number of ether oxygens (including phenoxy) is 7. The van der Waals surface area contributed by atoms with Gasteiger partial charge in [-0.3, -0.25) is 14.4 Å². The van der Waals surface area contributed by atoms with Crippen molar-refractivity contribution in [1.29, 1.82) is 0 Å². The molecule has 0 spiro atoms. The Balaban J connectivity index is 5.32. The molecule has 0 aliphatic carbocycles. The molecule has 2 unspecified atom stereocenters. The van der Waals surface area contributed by atoms with Gasteiger partial charge in [0.15, 0.2) is 6.29 Å². The largest absolute Gasteiger partial charge is 0.508 e. The standard InChI is InChI=1S/C58H103NO11/c1-7-11-15-19-22-23-24-25-26-27-28-29-30-31-35-40-54(60)67-49-52(50-68-55(61)42-41-53(39-34-18-14-10-4)70-58(63)66-48-38-45-59(5)6)51-69-56(62)43-44-57(64-46-36-32-20-16-12-8-2)65-47-37-33-21-17-13-9-3/h12-13,16-17,22-23,25-26,52-53,57H,7-11,14-15,18-21,24,27-51H2,1-6H3/b16-12-,17-13-,23-22-,26-25-. The Labute approximate surface area is 427 Å². The number of carbonyl (C=O) groups excluding carboxylic acids is 4. The molecule has 0 aliphatic heterocycles. The Bertz CT molecular complexity index is 1320. The molecule has 70 heavy (non-hydrogen) atoms. The topological polar surface area (TPSA) is 136 Å². The van der Waals surface area contributed by atoms with Gasteiger partial charge in [0.05, 0.1) is 18.9 Å². The number of carbonyl (C=O) groups is 4. The van der Waals surface area contributed by atoms with Crippen molar-refractivity contribution in [1.82, 2.24) is 4.90 Å². The lowest BCUT2D eigenvalue weighted by Crippen LogP contribution is -2.27. The number of hydrogen-bond acceptors (Lipinski definition) is 12. The number of allylic oxidation sites excluding steroid dienone is 8. The molecule has 2 atom stereocenters. The van der Waals surface area contributed by atoms with Gasteiger partial charge in [-0.1, -0.05) is 128 Å². The van der Waals surface area contributed by atoms with Gasteiger partial charge in [-0.25, -0.2) is 4.79 Å². The van der Waals surface area contributed by atoms with Gasteiger partial charge >= 0.3 is 24.1 Å². The molecule has 0 bridgehead atoms. The third kappa shape index (κ3) is 48.2. The van der Waals surface area contributed by atoms with E-state index >= 15 is 0 Å². The number of hydrogen-bond donors (Lipinski definition) is 0. The highest BCUT2D eigenvalue weighted by Crippen LogP contribution is 2.17. The van der Waals surface area contributed by atoms with Crippen molar-refractivity contribution in [3.05, 3.63) is 48.6 Å². The minimum Gasteiger partial charge on any atom is -0.465 e. The van der Waals surface area contributed by atoms with Crippen LogP contribution in [-0.4, -0.2) is 102 Å². The predicted molar refractivity (Wildman–Crippen MR) is 285 cm³/mol. The molecule has 0 saturated carbocycles. The van der Waals surface area contributed by atoms with Gasteiger partial charge < -0.3 is 38.1 Å². The second kappa shape index (κ2) is 51.9. The number of unbranched alkanes of at least 4 members (excludes halogenated alkanes) is 15. The molecule has 0 saturated heterocycles. The summed E-state index contributed by atoms with van der Waals surface area (Å²) in [6.45, 7) is 10.5. The minimum absolute atomic E-state index is 0.0255. The molecule has 12 heteroatoms. The van der Waals surface area contributed by atoms with Crippen LogP contribution in [0.2, 0.25) is 0 Å². The Kier molecular flexibility index (Phi) is 49.3. The van der Waals surface area contributed by atoms with Crippen LogP contribution in [0.1, 0.15) is 220 Å². The van der Waals surface area contributed by atoms with Gasteiger partial charge in [-0.2, -0.15) is 0 Å². The van der Waals surface area contributed by atoms with Crippen LogP contribution < -0.4 is 0 Å². The average molecular weight is 990 g/mol. The Morgan fingerprint density at radius 3 is 1.47 bits per heavy atom. The van der Waals surface area contributed by atoms with Crippen LogP contribution in [0.4, 0.5) is 4.79 Å². The van der Waals surface area contributed by atoms with Crippen molar-refractivity contribution >= 4 is 24.1 Å². The fraction of sp³-hybridized carbons (Fsp3) is 0.793.